The number of benzene rings is 1. The first-order chi connectivity index (χ1) is 8.23. The van der Waals surface area contributed by atoms with E-state index in [1.165, 1.54) is 0 Å². The molecule has 0 saturated carbocycles. The maximum atomic E-state index is 9.48. The summed E-state index contributed by atoms with van der Waals surface area (Å²) in [5, 5.41) is 9.48. The fourth-order valence-corrected chi connectivity index (χ4v) is 2.64. The number of methoxy groups -OCH3 is 1. The molecule has 0 aliphatic rings. The summed E-state index contributed by atoms with van der Waals surface area (Å²) in [5.41, 5.74) is 6.58. The third-order valence-corrected chi connectivity index (χ3v) is 3.92. The van der Waals surface area contributed by atoms with Gasteiger partial charge in [-0.25, -0.2) is 0 Å². The van der Waals surface area contributed by atoms with E-state index in [1.807, 2.05) is 30.3 Å². The molecule has 0 aliphatic carbocycles. The van der Waals surface area contributed by atoms with Crippen LogP contribution in [0.5, 0.6) is 0 Å². The topological polar surface area (TPSA) is 55.5 Å². The SMILES string of the molecule is COCCCSCC(N)(CO)c1ccccc1. The van der Waals surface area contributed by atoms with Crippen LogP contribution in [0.1, 0.15) is 12.0 Å². The molecule has 4 heteroatoms. The van der Waals surface area contributed by atoms with E-state index in [0.29, 0.717) is 0 Å². The predicted octanol–water partition coefficient (Wildman–Crippen LogP) is 1.60. The number of hydrogen-bond donors (Lipinski definition) is 2. The third-order valence-electron chi connectivity index (χ3n) is 2.63. The number of nitrogens with two attached hydrogens (primary N) is 1. The molecule has 0 spiro atoms. The van der Waals surface area contributed by atoms with Gasteiger partial charge in [-0.15, -0.1) is 0 Å². The molecule has 1 atom stereocenters. The van der Waals surface area contributed by atoms with Gasteiger partial charge in [0, 0.05) is 19.5 Å². The zero-order chi connectivity index (χ0) is 12.6. The number of aliphatic hydroxyl groups excluding tert-OH is 1. The second-order valence-electron chi connectivity index (χ2n) is 4.08. The van der Waals surface area contributed by atoms with Gasteiger partial charge in [0.05, 0.1) is 12.1 Å². The Balaban J connectivity index is 2.46. The Hall–Kier alpha value is -0.550. The number of aliphatic hydroxyl groups is 1. The first-order valence-electron chi connectivity index (χ1n) is 5.75. The van der Waals surface area contributed by atoms with Crippen molar-refractivity contribution in [2.24, 2.45) is 5.73 Å². The lowest BCUT2D eigenvalue weighted by Crippen LogP contribution is -2.43. The molecule has 1 aromatic rings. The lowest BCUT2D eigenvalue weighted by molar-refractivity contribution is 0.200. The van der Waals surface area contributed by atoms with Gasteiger partial charge in [-0.05, 0) is 17.7 Å². The van der Waals surface area contributed by atoms with Gasteiger partial charge in [-0.1, -0.05) is 30.3 Å². The van der Waals surface area contributed by atoms with E-state index >= 15 is 0 Å². The monoisotopic (exact) mass is 255 g/mol. The van der Waals surface area contributed by atoms with Crippen LogP contribution >= 0.6 is 11.8 Å². The van der Waals surface area contributed by atoms with Crippen LogP contribution in [0.3, 0.4) is 0 Å². The molecule has 1 rings (SSSR count). The zero-order valence-corrected chi connectivity index (χ0v) is 11.1. The number of hydrogen-bond acceptors (Lipinski definition) is 4. The van der Waals surface area contributed by atoms with E-state index in [-0.39, 0.29) is 6.61 Å². The van der Waals surface area contributed by atoms with Crippen molar-refractivity contribution in [1.82, 2.24) is 0 Å². The Morgan fingerprint density at radius 2 is 2.06 bits per heavy atom. The van der Waals surface area contributed by atoms with Crippen LogP contribution in [0.4, 0.5) is 0 Å². The average molecular weight is 255 g/mol. The summed E-state index contributed by atoms with van der Waals surface area (Å²) < 4.78 is 4.99. The van der Waals surface area contributed by atoms with Crippen molar-refractivity contribution in [2.75, 3.05) is 31.8 Å². The first-order valence-corrected chi connectivity index (χ1v) is 6.90. The van der Waals surface area contributed by atoms with E-state index in [0.717, 1.165) is 30.1 Å². The number of rotatable bonds is 8. The second kappa shape index (κ2) is 7.71. The number of thioether (sulfide) groups is 1. The highest BCUT2D eigenvalue weighted by Crippen LogP contribution is 2.22. The van der Waals surface area contributed by atoms with Crippen LogP contribution in [0.15, 0.2) is 30.3 Å². The van der Waals surface area contributed by atoms with Crippen LogP contribution in [0.2, 0.25) is 0 Å². The highest BCUT2D eigenvalue weighted by atomic mass is 32.2. The van der Waals surface area contributed by atoms with Gasteiger partial charge in [0.1, 0.15) is 0 Å². The van der Waals surface area contributed by atoms with Gasteiger partial charge in [0.25, 0.3) is 0 Å². The standard InChI is InChI=1S/C13H21NO2S/c1-16-8-5-9-17-11-13(14,10-15)12-6-3-2-4-7-12/h2-4,6-7,15H,5,8-11,14H2,1H3. The second-order valence-corrected chi connectivity index (χ2v) is 5.18. The fraction of sp³-hybridized carbons (Fsp3) is 0.538. The minimum atomic E-state index is -0.640. The summed E-state index contributed by atoms with van der Waals surface area (Å²) in [6, 6.07) is 9.77. The minimum absolute atomic E-state index is 0.0334. The normalized spacial score (nSPS) is 14.5. The predicted molar refractivity (Wildman–Crippen MR) is 73.2 cm³/mol. The summed E-state index contributed by atoms with van der Waals surface area (Å²) in [6.45, 7) is 0.739. The highest BCUT2D eigenvalue weighted by Gasteiger charge is 2.25. The lowest BCUT2D eigenvalue weighted by Gasteiger charge is -2.27. The molecule has 0 bridgehead atoms. The average Bonchev–Trinajstić information content (AvgIpc) is 2.39. The molecule has 0 saturated heterocycles. The molecule has 3 N–H and O–H groups in total. The Morgan fingerprint density at radius 3 is 2.65 bits per heavy atom. The van der Waals surface area contributed by atoms with E-state index in [1.54, 1.807) is 18.9 Å². The molecule has 0 fully saturated rings. The Labute approximate surface area is 107 Å². The fourth-order valence-electron chi connectivity index (χ4n) is 1.55. The molecular formula is C13H21NO2S. The van der Waals surface area contributed by atoms with E-state index in [4.69, 9.17) is 10.5 Å². The molecule has 96 valence electrons. The van der Waals surface area contributed by atoms with Gasteiger partial charge in [-0.2, -0.15) is 11.8 Å². The number of ether oxygens (including phenoxy) is 1. The maximum absolute atomic E-state index is 9.48. The first kappa shape index (κ1) is 14.5. The summed E-state index contributed by atoms with van der Waals surface area (Å²) in [4.78, 5) is 0. The Bertz CT molecular complexity index is 308. The minimum Gasteiger partial charge on any atom is -0.394 e. The zero-order valence-electron chi connectivity index (χ0n) is 10.3. The molecule has 0 radical (unpaired) electrons. The molecular weight excluding hydrogens is 234 g/mol. The molecule has 1 unspecified atom stereocenters. The summed E-state index contributed by atoms with van der Waals surface area (Å²) in [5.74, 6) is 1.72. The molecule has 0 heterocycles. The highest BCUT2D eigenvalue weighted by molar-refractivity contribution is 7.99. The van der Waals surface area contributed by atoms with E-state index < -0.39 is 5.54 Å². The summed E-state index contributed by atoms with van der Waals surface area (Å²) in [7, 11) is 1.70. The van der Waals surface area contributed by atoms with Crippen LogP contribution in [-0.4, -0.2) is 36.9 Å². The van der Waals surface area contributed by atoms with E-state index in [9.17, 15) is 5.11 Å². The summed E-state index contributed by atoms with van der Waals surface area (Å²) in [6.07, 6.45) is 1.01. The molecule has 17 heavy (non-hydrogen) atoms. The van der Waals surface area contributed by atoms with Crippen molar-refractivity contribution in [3.8, 4) is 0 Å². The Morgan fingerprint density at radius 1 is 1.35 bits per heavy atom. The van der Waals surface area contributed by atoms with Crippen molar-refractivity contribution >= 4 is 11.8 Å². The van der Waals surface area contributed by atoms with Crippen molar-refractivity contribution in [3.63, 3.8) is 0 Å². The van der Waals surface area contributed by atoms with Crippen molar-refractivity contribution < 1.29 is 9.84 Å². The van der Waals surface area contributed by atoms with Gasteiger partial charge in [0.2, 0.25) is 0 Å². The largest absolute Gasteiger partial charge is 0.394 e. The van der Waals surface area contributed by atoms with Crippen LogP contribution in [0, 0.1) is 0 Å². The molecule has 0 aliphatic heterocycles. The molecule has 0 amide bonds. The quantitative estimate of drug-likeness (QED) is 0.693. The van der Waals surface area contributed by atoms with Crippen molar-refractivity contribution in [1.29, 1.82) is 0 Å². The smallest absolute Gasteiger partial charge is 0.0735 e. The van der Waals surface area contributed by atoms with Crippen LogP contribution in [-0.2, 0) is 10.3 Å². The molecule has 3 nitrogen and oxygen atoms in total. The molecule has 0 aromatic heterocycles. The summed E-state index contributed by atoms with van der Waals surface area (Å²) >= 11 is 1.75. The lowest BCUT2D eigenvalue weighted by atomic mass is 9.94. The van der Waals surface area contributed by atoms with Gasteiger partial charge in [0.15, 0.2) is 0 Å². The Kier molecular flexibility index (Phi) is 6.58. The van der Waals surface area contributed by atoms with E-state index in [2.05, 4.69) is 0 Å². The third kappa shape index (κ3) is 4.68. The van der Waals surface area contributed by atoms with Crippen LogP contribution < -0.4 is 5.73 Å². The maximum Gasteiger partial charge on any atom is 0.0735 e. The van der Waals surface area contributed by atoms with Gasteiger partial charge < -0.3 is 15.6 Å². The molecule has 1 aromatic carbocycles. The van der Waals surface area contributed by atoms with Crippen LogP contribution in [0.25, 0.3) is 0 Å². The van der Waals surface area contributed by atoms with Gasteiger partial charge in [-0.3, -0.25) is 0 Å². The van der Waals surface area contributed by atoms with Crippen molar-refractivity contribution in [2.45, 2.75) is 12.0 Å². The van der Waals surface area contributed by atoms with Gasteiger partial charge >= 0.3 is 0 Å². The van der Waals surface area contributed by atoms with Crippen molar-refractivity contribution in [3.05, 3.63) is 35.9 Å².